The number of rotatable bonds is 51. The Morgan fingerprint density at radius 2 is 0.762 bits per heavy atom. The van der Waals surface area contributed by atoms with Crippen LogP contribution in [-0.2, 0) is 14.3 Å². The van der Waals surface area contributed by atoms with Crippen molar-refractivity contribution in [3.63, 3.8) is 0 Å². The van der Waals surface area contributed by atoms with Crippen molar-refractivity contribution in [2.45, 2.75) is 322 Å². The zero-order valence-electron chi connectivity index (χ0n) is 42.5. The molecule has 0 radical (unpaired) electrons. The average Bonchev–Trinajstić information content (AvgIpc) is 3.28. The first-order valence-corrected chi connectivity index (χ1v) is 28.1. The third-order valence-electron chi connectivity index (χ3n) is 13.0. The first kappa shape index (κ1) is 61.3. The molecule has 0 heterocycles. The van der Waals surface area contributed by atoms with Crippen LogP contribution in [0.15, 0.2) is 24.3 Å². The van der Waals surface area contributed by atoms with Gasteiger partial charge < -0.3 is 20.3 Å². The summed E-state index contributed by atoms with van der Waals surface area (Å²) in [7, 11) is 0. The summed E-state index contributed by atoms with van der Waals surface area (Å²) in [5.74, 6) is -0.474. The second kappa shape index (κ2) is 51.3. The number of esters is 1. The van der Waals surface area contributed by atoms with E-state index in [2.05, 4.69) is 50.4 Å². The number of amides is 1. The van der Waals surface area contributed by atoms with E-state index in [9.17, 15) is 19.8 Å². The van der Waals surface area contributed by atoms with Crippen LogP contribution in [0.25, 0.3) is 0 Å². The Kier molecular flexibility index (Phi) is 50.0. The Morgan fingerprint density at radius 3 is 1.16 bits per heavy atom. The number of ether oxygens (including phenoxy) is 1. The summed E-state index contributed by atoms with van der Waals surface area (Å²) in [6, 6.07) is -0.701. The summed E-state index contributed by atoms with van der Waals surface area (Å²) >= 11 is 0. The molecular weight excluding hydrogens is 779 g/mol. The maximum absolute atomic E-state index is 13.2. The van der Waals surface area contributed by atoms with Crippen molar-refractivity contribution in [3.05, 3.63) is 24.3 Å². The highest BCUT2D eigenvalue weighted by molar-refractivity contribution is 5.77. The smallest absolute Gasteiger partial charge is 0.306 e. The highest BCUT2D eigenvalue weighted by atomic mass is 16.5. The molecule has 0 fully saturated rings. The lowest BCUT2D eigenvalue weighted by atomic mass is 10.0. The van der Waals surface area contributed by atoms with Gasteiger partial charge in [0.1, 0.15) is 6.10 Å². The number of unbranched alkanes of at least 4 members (excludes halogenated alkanes) is 35. The van der Waals surface area contributed by atoms with E-state index < -0.39 is 18.2 Å². The summed E-state index contributed by atoms with van der Waals surface area (Å²) in [6.07, 6.45) is 59.5. The zero-order chi connectivity index (χ0) is 45.9. The molecule has 0 aliphatic heterocycles. The Bertz CT molecular complexity index is 997. The molecule has 1 amide bonds. The number of allylic oxidation sites excluding steroid dienone is 4. The number of hydrogen-bond donors (Lipinski definition) is 3. The minimum atomic E-state index is -0.787. The molecule has 0 aliphatic rings. The van der Waals surface area contributed by atoms with Gasteiger partial charge in [-0.15, -0.1) is 0 Å². The van der Waals surface area contributed by atoms with Gasteiger partial charge in [0.25, 0.3) is 0 Å². The zero-order valence-corrected chi connectivity index (χ0v) is 42.5. The summed E-state index contributed by atoms with van der Waals surface area (Å²) in [6.45, 7) is 6.48. The van der Waals surface area contributed by atoms with Gasteiger partial charge in [-0.25, -0.2) is 0 Å². The summed E-state index contributed by atoms with van der Waals surface area (Å²) in [5, 5.41) is 23.9. The first-order valence-electron chi connectivity index (χ1n) is 28.1. The van der Waals surface area contributed by atoms with E-state index in [0.29, 0.717) is 19.3 Å². The topological polar surface area (TPSA) is 95.9 Å². The van der Waals surface area contributed by atoms with Crippen molar-refractivity contribution in [1.29, 1.82) is 0 Å². The number of carbonyl (C=O) groups is 2. The van der Waals surface area contributed by atoms with Crippen molar-refractivity contribution in [1.82, 2.24) is 5.32 Å². The monoisotopic (exact) mass is 888 g/mol. The van der Waals surface area contributed by atoms with E-state index in [1.807, 2.05) is 0 Å². The molecule has 0 aromatic carbocycles. The van der Waals surface area contributed by atoms with Crippen molar-refractivity contribution < 1.29 is 24.5 Å². The van der Waals surface area contributed by atoms with Crippen LogP contribution in [0.2, 0.25) is 0 Å². The van der Waals surface area contributed by atoms with Crippen LogP contribution < -0.4 is 5.32 Å². The van der Waals surface area contributed by atoms with Crippen LogP contribution in [0, 0.1) is 0 Å². The molecule has 0 aliphatic carbocycles. The molecule has 6 nitrogen and oxygen atoms in total. The lowest BCUT2D eigenvalue weighted by Gasteiger charge is -2.24. The van der Waals surface area contributed by atoms with Crippen LogP contribution in [0.4, 0.5) is 0 Å². The molecule has 0 spiro atoms. The van der Waals surface area contributed by atoms with E-state index in [0.717, 1.165) is 57.8 Å². The van der Waals surface area contributed by atoms with Gasteiger partial charge in [-0.1, -0.05) is 238 Å². The Hall–Kier alpha value is -1.66. The van der Waals surface area contributed by atoms with Crippen molar-refractivity contribution in [2.75, 3.05) is 6.61 Å². The third kappa shape index (κ3) is 46.7. The number of aliphatic hydroxyl groups excluding tert-OH is 2. The number of aliphatic hydroxyl groups is 2. The predicted octanol–water partition coefficient (Wildman–Crippen LogP) is 17.1. The predicted molar refractivity (Wildman–Crippen MR) is 273 cm³/mol. The fourth-order valence-electron chi connectivity index (χ4n) is 8.72. The molecule has 372 valence electrons. The standard InChI is InChI=1S/C57H109NO5/c1-4-7-10-13-16-19-22-25-27-28-30-31-33-36-39-42-45-48-53(63-57(62)50-47-44-41-38-35-24-21-18-15-12-9-6-3)51-56(61)58-54(52-59)55(60)49-46-43-40-37-34-32-29-26-23-20-17-14-11-8-5-2/h18,21,25,27,53-55,59-60H,4-17,19-20,22-24,26,28-52H2,1-3H3,(H,58,61)/b21-18-,27-25+. The average molecular weight is 889 g/mol. The molecule has 63 heavy (non-hydrogen) atoms. The number of carbonyl (C=O) groups excluding carboxylic acids is 2. The fourth-order valence-corrected chi connectivity index (χ4v) is 8.72. The SMILES string of the molecule is CCCCC/C=C\CCCCCCCC(=O)OC(CCCCCCCCC/C=C/CCCCCCCC)CC(=O)NC(CO)C(O)CCCCCCCCCCCCCCCCC. The molecule has 0 rings (SSSR count). The second-order valence-corrected chi connectivity index (χ2v) is 19.3. The largest absolute Gasteiger partial charge is 0.462 e. The van der Waals surface area contributed by atoms with E-state index in [4.69, 9.17) is 4.74 Å². The van der Waals surface area contributed by atoms with Crippen LogP contribution in [-0.4, -0.2) is 46.9 Å². The summed E-state index contributed by atoms with van der Waals surface area (Å²) < 4.78 is 5.95. The third-order valence-corrected chi connectivity index (χ3v) is 13.0. The molecule has 6 heteroatoms. The highest BCUT2D eigenvalue weighted by Gasteiger charge is 2.24. The van der Waals surface area contributed by atoms with E-state index in [-0.39, 0.29) is 24.9 Å². The number of hydrogen-bond acceptors (Lipinski definition) is 5. The van der Waals surface area contributed by atoms with Gasteiger partial charge in [0.15, 0.2) is 0 Å². The van der Waals surface area contributed by atoms with Crippen LogP contribution in [0.3, 0.4) is 0 Å². The molecule has 3 unspecified atom stereocenters. The summed E-state index contributed by atoms with van der Waals surface area (Å²) in [4.78, 5) is 26.2. The van der Waals surface area contributed by atoms with Gasteiger partial charge in [0.2, 0.25) is 5.91 Å². The first-order chi connectivity index (χ1) is 31.0. The van der Waals surface area contributed by atoms with E-state index >= 15 is 0 Å². The molecule has 0 aromatic rings. The molecule has 3 N–H and O–H groups in total. The van der Waals surface area contributed by atoms with Crippen LogP contribution in [0.1, 0.15) is 303 Å². The molecule has 0 saturated heterocycles. The van der Waals surface area contributed by atoms with Crippen LogP contribution >= 0.6 is 0 Å². The van der Waals surface area contributed by atoms with Crippen molar-refractivity contribution in [2.24, 2.45) is 0 Å². The lowest BCUT2D eigenvalue weighted by Crippen LogP contribution is -2.46. The van der Waals surface area contributed by atoms with E-state index in [1.165, 1.54) is 199 Å². The quantitative estimate of drug-likeness (QED) is 0.0321. The maximum Gasteiger partial charge on any atom is 0.306 e. The van der Waals surface area contributed by atoms with E-state index in [1.54, 1.807) is 0 Å². The normalized spacial score (nSPS) is 13.3. The van der Waals surface area contributed by atoms with Gasteiger partial charge in [-0.05, 0) is 77.0 Å². The minimum Gasteiger partial charge on any atom is -0.462 e. The Morgan fingerprint density at radius 1 is 0.444 bits per heavy atom. The van der Waals surface area contributed by atoms with Gasteiger partial charge in [-0.2, -0.15) is 0 Å². The molecule has 3 atom stereocenters. The number of nitrogens with one attached hydrogen (secondary N) is 1. The fraction of sp³-hybridized carbons (Fsp3) is 0.895. The molecule has 0 saturated carbocycles. The van der Waals surface area contributed by atoms with Gasteiger partial charge in [0.05, 0.1) is 25.2 Å². The van der Waals surface area contributed by atoms with Gasteiger partial charge in [0, 0.05) is 6.42 Å². The minimum absolute atomic E-state index is 0.0757. The van der Waals surface area contributed by atoms with Gasteiger partial charge in [-0.3, -0.25) is 9.59 Å². The maximum atomic E-state index is 13.2. The molecule has 0 bridgehead atoms. The molecule has 0 aromatic heterocycles. The second-order valence-electron chi connectivity index (χ2n) is 19.3. The molecular formula is C57H109NO5. The highest BCUT2D eigenvalue weighted by Crippen LogP contribution is 2.18. The Labute approximate surface area is 392 Å². The van der Waals surface area contributed by atoms with Crippen molar-refractivity contribution in [3.8, 4) is 0 Å². The van der Waals surface area contributed by atoms with Gasteiger partial charge >= 0.3 is 5.97 Å². The lowest BCUT2D eigenvalue weighted by molar-refractivity contribution is -0.151. The summed E-state index contributed by atoms with van der Waals surface area (Å²) in [5.41, 5.74) is 0. The van der Waals surface area contributed by atoms with Crippen molar-refractivity contribution >= 4 is 11.9 Å². The Balaban J connectivity index is 4.53. The van der Waals surface area contributed by atoms with Crippen LogP contribution in [0.5, 0.6) is 0 Å².